The van der Waals surface area contributed by atoms with E-state index in [4.69, 9.17) is 14.2 Å². The topological polar surface area (TPSA) is 123 Å². The number of anilines is 1. The van der Waals surface area contributed by atoms with Crippen LogP contribution in [0.15, 0.2) is 78.8 Å². The van der Waals surface area contributed by atoms with Gasteiger partial charge < -0.3 is 39.8 Å². The molecule has 0 bridgehead atoms. The number of unbranched alkanes of at least 4 members (excludes halogenated alkanes) is 2. The monoisotopic (exact) mass is 787 g/mol. The summed E-state index contributed by atoms with van der Waals surface area (Å²) in [5.74, 6) is 0.472. The van der Waals surface area contributed by atoms with Crippen LogP contribution in [0.5, 0.6) is 5.75 Å². The number of amides is 1. The Hall–Kier alpha value is -4.52. The van der Waals surface area contributed by atoms with E-state index >= 15 is 0 Å². The van der Waals surface area contributed by atoms with Gasteiger partial charge in [0.05, 0.1) is 25.3 Å². The molecule has 5 rings (SSSR count). The Balaban J connectivity index is 1.13. The molecule has 3 atom stereocenters. The van der Waals surface area contributed by atoms with Crippen LogP contribution in [0.25, 0.3) is 0 Å². The lowest BCUT2D eigenvalue weighted by Crippen LogP contribution is -2.53. The molecule has 1 amide bonds. The van der Waals surface area contributed by atoms with Crippen molar-refractivity contribution in [1.29, 1.82) is 0 Å². The maximum Gasteiger partial charge on any atom is 0.331 e. The second-order valence-corrected chi connectivity index (χ2v) is 15.3. The standard InChI is InChI=1S/C45H62FN5O6/c1-5-39-33(2)13-16-41(49-43(39)34-17-21-47-22-18-34)45(19-23-51(3)24-20-45)50-37-12-9-11-35(29-37)44(53)48-31-36-30-38(14-15-40(36)46)57-28-8-6-7-25-55-26-10-27-56-32-42(52)54-4/h9,11-12,14-18,21-22,29-30,33,39,43,49-50H,5-8,10,13,19-20,23-28,31-32H2,1-4H3,(H,48,53). The van der Waals surface area contributed by atoms with Gasteiger partial charge in [0.1, 0.15) is 18.2 Å². The van der Waals surface area contributed by atoms with E-state index in [2.05, 4.69) is 69.7 Å². The third-order valence-corrected chi connectivity index (χ3v) is 11.2. The summed E-state index contributed by atoms with van der Waals surface area (Å²) < 4.78 is 36.1. The minimum atomic E-state index is -0.399. The average molecular weight is 788 g/mol. The molecule has 0 aliphatic carbocycles. The van der Waals surface area contributed by atoms with Crippen LogP contribution in [0, 0.1) is 17.7 Å². The van der Waals surface area contributed by atoms with Gasteiger partial charge in [-0.15, -0.1) is 0 Å². The highest BCUT2D eigenvalue weighted by Gasteiger charge is 2.41. The molecule has 3 heterocycles. The minimum Gasteiger partial charge on any atom is -0.494 e. The zero-order valence-electron chi connectivity index (χ0n) is 34.2. The van der Waals surface area contributed by atoms with Gasteiger partial charge in [-0.25, -0.2) is 9.18 Å². The van der Waals surface area contributed by atoms with Crippen molar-refractivity contribution in [2.45, 2.75) is 83.3 Å². The molecule has 2 aromatic carbocycles. The highest BCUT2D eigenvalue weighted by atomic mass is 19.1. The summed E-state index contributed by atoms with van der Waals surface area (Å²) in [6, 6.07) is 16.7. The zero-order chi connectivity index (χ0) is 40.5. The first kappa shape index (κ1) is 43.6. The minimum absolute atomic E-state index is 0.0326. The number of ether oxygens (including phenoxy) is 4. The fraction of sp³-hybridized carbons (Fsp3) is 0.533. The van der Waals surface area contributed by atoms with Gasteiger partial charge in [0.15, 0.2) is 0 Å². The molecule has 2 aliphatic heterocycles. The second-order valence-electron chi connectivity index (χ2n) is 15.3. The summed E-state index contributed by atoms with van der Waals surface area (Å²) >= 11 is 0. The molecular weight excluding hydrogens is 726 g/mol. The van der Waals surface area contributed by atoms with E-state index in [-0.39, 0.29) is 36.6 Å². The molecule has 57 heavy (non-hydrogen) atoms. The average Bonchev–Trinajstić information content (AvgIpc) is 3.40. The van der Waals surface area contributed by atoms with Crippen LogP contribution in [-0.2, 0) is 25.5 Å². The molecule has 12 heteroatoms. The molecule has 1 aromatic heterocycles. The predicted octanol–water partition coefficient (Wildman–Crippen LogP) is 7.45. The van der Waals surface area contributed by atoms with E-state index < -0.39 is 5.82 Å². The Morgan fingerprint density at radius 2 is 1.72 bits per heavy atom. The van der Waals surface area contributed by atoms with Crippen molar-refractivity contribution in [2.75, 3.05) is 65.6 Å². The summed E-state index contributed by atoms with van der Waals surface area (Å²) in [4.78, 5) is 31.2. The molecule has 1 fully saturated rings. The molecule has 0 radical (unpaired) electrons. The van der Waals surface area contributed by atoms with Crippen LogP contribution in [0.2, 0.25) is 0 Å². The van der Waals surface area contributed by atoms with Gasteiger partial charge in [-0.05, 0) is 118 Å². The van der Waals surface area contributed by atoms with E-state index in [0.29, 0.717) is 61.6 Å². The molecule has 0 saturated carbocycles. The number of benzene rings is 2. The number of carbonyl (C=O) groups is 2. The Morgan fingerprint density at radius 3 is 2.49 bits per heavy atom. The lowest BCUT2D eigenvalue weighted by atomic mass is 9.81. The number of hydrogen-bond donors (Lipinski definition) is 3. The van der Waals surface area contributed by atoms with Crippen molar-refractivity contribution in [1.82, 2.24) is 20.5 Å². The van der Waals surface area contributed by atoms with E-state index in [1.165, 1.54) is 24.4 Å². The van der Waals surface area contributed by atoms with E-state index in [1.54, 1.807) is 18.2 Å². The molecule has 1 saturated heterocycles. The number of nitrogens with one attached hydrogen (secondary N) is 3. The lowest BCUT2D eigenvalue weighted by molar-refractivity contribution is -0.146. The number of rotatable bonds is 21. The Bertz CT molecular complexity index is 1730. The van der Waals surface area contributed by atoms with Crippen molar-refractivity contribution in [3.63, 3.8) is 0 Å². The quantitative estimate of drug-likeness (QED) is 0.0741. The van der Waals surface area contributed by atoms with Gasteiger partial charge in [0.25, 0.3) is 5.91 Å². The normalized spacial score (nSPS) is 19.5. The number of hydrogen-bond acceptors (Lipinski definition) is 10. The molecule has 3 aromatic rings. The number of allylic oxidation sites excluding steroid dienone is 1. The predicted molar refractivity (Wildman–Crippen MR) is 220 cm³/mol. The first-order valence-electron chi connectivity index (χ1n) is 20.6. The van der Waals surface area contributed by atoms with Crippen LogP contribution >= 0.6 is 0 Å². The van der Waals surface area contributed by atoms with Gasteiger partial charge in [0, 0.05) is 74.4 Å². The number of esters is 1. The van der Waals surface area contributed by atoms with Crippen molar-refractivity contribution in [2.24, 2.45) is 11.8 Å². The van der Waals surface area contributed by atoms with Crippen LogP contribution in [0.4, 0.5) is 10.1 Å². The van der Waals surface area contributed by atoms with E-state index in [0.717, 1.165) is 63.7 Å². The van der Waals surface area contributed by atoms with Gasteiger partial charge in [0.2, 0.25) is 0 Å². The van der Waals surface area contributed by atoms with Crippen LogP contribution < -0.4 is 20.7 Å². The molecule has 3 unspecified atom stereocenters. The number of pyridine rings is 1. The van der Waals surface area contributed by atoms with Gasteiger partial charge in [-0.3, -0.25) is 9.78 Å². The van der Waals surface area contributed by atoms with Crippen molar-refractivity contribution in [3.05, 3.63) is 101 Å². The first-order chi connectivity index (χ1) is 27.7. The maximum atomic E-state index is 14.9. The zero-order valence-corrected chi connectivity index (χ0v) is 34.2. The highest BCUT2D eigenvalue weighted by molar-refractivity contribution is 5.95. The fourth-order valence-electron chi connectivity index (χ4n) is 7.80. The fourth-order valence-corrected chi connectivity index (χ4v) is 7.80. The van der Waals surface area contributed by atoms with Gasteiger partial charge >= 0.3 is 5.97 Å². The van der Waals surface area contributed by atoms with Gasteiger partial charge in [-0.1, -0.05) is 32.4 Å². The number of nitrogens with zero attached hydrogens (tertiary/aromatic N) is 2. The van der Waals surface area contributed by atoms with E-state index in [1.807, 2.05) is 30.6 Å². The summed E-state index contributed by atoms with van der Waals surface area (Å²) in [6.07, 6.45) is 13.4. The van der Waals surface area contributed by atoms with Crippen LogP contribution in [-0.4, -0.2) is 87.6 Å². The molecule has 11 nitrogen and oxygen atoms in total. The smallest absolute Gasteiger partial charge is 0.331 e. The summed E-state index contributed by atoms with van der Waals surface area (Å²) in [6.45, 7) is 8.66. The number of methoxy groups -OCH3 is 1. The SMILES string of the molecule is CCC1C(C)CC=C(C2(Nc3cccc(C(=O)NCc4cc(OCCCCCOCCCOCC(=O)OC)ccc4F)c3)CCN(C)CC2)NC1c1ccncc1. The molecule has 2 aliphatic rings. The Kier molecular flexibility index (Phi) is 17.2. The van der Waals surface area contributed by atoms with E-state index in [9.17, 15) is 14.0 Å². The maximum absolute atomic E-state index is 14.9. The third kappa shape index (κ3) is 13.0. The van der Waals surface area contributed by atoms with Crippen LogP contribution in [0.1, 0.15) is 92.7 Å². The number of halogens is 1. The molecule has 0 spiro atoms. The Morgan fingerprint density at radius 1 is 0.965 bits per heavy atom. The third-order valence-electron chi connectivity index (χ3n) is 11.2. The largest absolute Gasteiger partial charge is 0.494 e. The van der Waals surface area contributed by atoms with Crippen molar-refractivity contribution >= 4 is 17.6 Å². The summed E-state index contributed by atoms with van der Waals surface area (Å²) in [5.41, 5.74) is 3.86. The lowest BCUT2D eigenvalue weighted by Gasteiger charge is -2.45. The number of carbonyl (C=O) groups excluding carboxylic acids is 2. The first-order valence-corrected chi connectivity index (χ1v) is 20.6. The van der Waals surface area contributed by atoms with Crippen molar-refractivity contribution < 1.29 is 32.9 Å². The highest BCUT2D eigenvalue weighted by Crippen LogP contribution is 2.41. The molecule has 3 N–H and O–H groups in total. The number of aromatic nitrogens is 1. The molecular formula is C45H62FN5O6. The van der Waals surface area contributed by atoms with Gasteiger partial charge in [-0.2, -0.15) is 0 Å². The second kappa shape index (κ2) is 22.4. The Labute approximate surface area is 338 Å². The number of piperidine rings is 1. The van der Waals surface area contributed by atoms with Crippen LogP contribution in [0.3, 0.4) is 0 Å². The number of likely N-dealkylation sites (tertiary alicyclic amines) is 1. The van der Waals surface area contributed by atoms with Crippen molar-refractivity contribution in [3.8, 4) is 5.75 Å². The summed E-state index contributed by atoms with van der Waals surface area (Å²) in [7, 11) is 3.50. The summed E-state index contributed by atoms with van der Waals surface area (Å²) in [5, 5.41) is 10.9. The molecule has 310 valence electrons.